The molecule has 0 saturated carbocycles. The van der Waals surface area contributed by atoms with Crippen molar-refractivity contribution < 1.29 is 4.42 Å². The molecule has 0 N–H and O–H groups in total. The van der Waals surface area contributed by atoms with Gasteiger partial charge in [-0.15, -0.1) is 0 Å². The Labute approximate surface area is 337 Å². The summed E-state index contributed by atoms with van der Waals surface area (Å²) in [5.41, 5.74) is 9.00. The standard InChI is InChI=1S/C54H38N2OSi/c1-4-16-37(17-5-1)55-49-25-13-10-22-43(49)45-33-32-42(34-51(45)55)58(39-18-6-2-7-19-39,40-20-8-3-9-21-40)41-30-28-38(29-31-41)56-50-26-14-11-23-44(50)47-36-54-48(35-52(47)56)46-24-12-15-27-53(46)57-54/h1-8,10-20,22-36H,9,21H2. The molecule has 1 aliphatic rings. The highest BCUT2D eigenvalue weighted by Crippen LogP contribution is 2.39. The predicted molar refractivity (Wildman–Crippen MR) is 246 cm³/mol. The van der Waals surface area contributed by atoms with Gasteiger partial charge >= 0.3 is 0 Å². The van der Waals surface area contributed by atoms with Gasteiger partial charge in [-0.05, 0) is 89.1 Å². The fourth-order valence-corrected chi connectivity index (χ4v) is 15.1. The Hall–Kier alpha value is -7.14. The van der Waals surface area contributed by atoms with Gasteiger partial charge in [0.05, 0.1) is 22.1 Å². The number of benzene rings is 8. The van der Waals surface area contributed by atoms with Crippen LogP contribution in [0.4, 0.5) is 0 Å². The van der Waals surface area contributed by atoms with E-state index in [0.717, 1.165) is 40.5 Å². The van der Waals surface area contributed by atoms with Crippen molar-refractivity contribution in [3.05, 3.63) is 211 Å². The number of aromatic nitrogens is 2. The molecule has 1 unspecified atom stereocenters. The van der Waals surface area contributed by atoms with Crippen LogP contribution in [0.25, 0.3) is 76.9 Å². The van der Waals surface area contributed by atoms with E-state index in [1.165, 1.54) is 70.1 Å². The van der Waals surface area contributed by atoms with Crippen LogP contribution in [0.5, 0.6) is 0 Å². The zero-order chi connectivity index (χ0) is 38.2. The van der Waals surface area contributed by atoms with Crippen LogP contribution in [-0.4, -0.2) is 17.2 Å². The minimum absolute atomic E-state index is 0.918. The van der Waals surface area contributed by atoms with Crippen molar-refractivity contribution in [2.24, 2.45) is 0 Å². The second-order valence-corrected chi connectivity index (χ2v) is 19.4. The van der Waals surface area contributed by atoms with Crippen LogP contribution in [0.15, 0.2) is 216 Å². The van der Waals surface area contributed by atoms with Crippen molar-refractivity contribution in [2.45, 2.75) is 12.8 Å². The number of fused-ring (bicyclic) bond motifs is 9. The van der Waals surface area contributed by atoms with Crippen LogP contribution in [-0.2, 0) is 0 Å². The van der Waals surface area contributed by atoms with E-state index in [2.05, 4.69) is 209 Å². The first kappa shape index (κ1) is 33.0. The fraction of sp³-hybridized carbons (Fsp3) is 0.0370. The van der Waals surface area contributed by atoms with Crippen molar-refractivity contribution in [3.8, 4) is 11.4 Å². The third kappa shape index (κ3) is 4.79. The van der Waals surface area contributed by atoms with Gasteiger partial charge in [-0.1, -0.05) is 151 Å². The van der Waals surface area contributed by atoms with Crippen molar-refractivity contribution in [1.29, 1.82) is 0 Å². The Morgan fingerprint density at radius 2 is 0.966 bits per heavy atom. The molecule has 3 heterocycles. The number of rotatable bonds is 6. The Bertz CT molecular complexity index is 3440. The van der Waals surface area contributed by atoms with E-state index in [4.69, 9.17) is 4.42 Å². The predicted octanol–water partition coefficient (Wildman–Crippen LogP) is 12.1. The van der Waals surface area contributed by atoms with Crippen molar-refractivity contribution in [1.82, 2.24) is 9.13 Å². The number of para-hydroxylation sites is 4. The van der Waals surface area contributed by atoms with Crippen LogP contribution in [0.3, 0.4) is 0 Å². The monoisotopic (exact) mass is 758 g/mol. The third-order valence-corrected chi connectivity index (χ3v) is 17.5. The maximum Gasteiger partial charge on any atom is 0.175 e. The lowest BCUT2D eigenvalue weighted by Crippen LogP contribution is -2.68. The van der Waals surface area contributed by atoms with Gasteiger partial charge in [0.15, 0.2) is 8.07 Å². The Morgan fingerprint density at radius 3 is 1.69 bits per heavy atom. The van der Waals surface area contributed by atoms with Gasteiger partial charge in [-0.25, -0.2) is 0 Å². The highest BCUT2D eigenvalue weighted by atomic mass is 28.3. The number of hydrogen-bond donors (Lipinski definition) is 0. The summed E-state index contributed by atoms with van der Waals surface area (Å²) in [6, 6.07) is 69.7. The normalized spacial score (nSPS) is 14.2. The van der Waals surface area contributed by atoms with Crippen LogP contribution in [0.1, 0.15) is 12.8 Å². The van der Waals surface area contributed by atoms with Crippen molar-refractivity contribution in [2.75, 3.05) is 0 Å². The SMILES string of the molecule is C1=CCCC([Si](c2ccccc2)(c2ccc(-n3c4ccccc4c4cc5oc6ccccc6c5cc43)cc2)c2ccc3c4ccccc4n(-c4ccccc4)c3c2)=C1. The van der Waals surface area contributed by atoms with Gasteiger partial charge < -0.3 is 13.6 Å². The third-order valence-electron chi connectivity index (χ3n) is 12.6. The summed E-state index contributed by atoms with van der Waals surface area (Å²) in [4.78, 5) is 0. The van der Waals surface area contributed by atoms with Crippen LogP contribution >= 0.6 is 0 Å². The molecule has 1 aliphatic carbocycles. The number of nitrogens with zero attached hydrogens (tertiary/aromatic N) is 2. The lowest BCUT2D eigenvalue weighted by molar-refractivity contribution is 0.669. The zero-order valence-electron chi connectivity index (χ0n) is 31.8. The Kier molecular flexibility index (Phi) is 7.38. The van der Waals surface area contributed by atoms with E-state index in [1.54, 1.807) is 0 Å². The molecule has 3 nitrogen and oxygen atoms in total. The van der Waals surface area contributed by atoms with E-state index in [9.17, 15) is 0 Å². The molecule has 0 saturated heterocycles. The maximum atomic E-state index is 6.38. The molecule has 0 spiro atoms. The number of hydrogen-bond acceptors (Lipinski definition) is 1. The average molecular weight is 759 g/mol. The highest BCUT2D eigenvalue weighted by molar-refractivity contribution is 7.16. The lowest BCUT2D eigenvalue weighted by atomic mass is 10.1. The number of furan rings is 1. The van der Waals surface area contributed by atoms with Crippen LogP contribution in [0.2, 0.25) is 0 Å². The van der Waals surface area contributed by atoms with Crippen molar-refractivity contribution >= 4 is 89.2 Å². The molecule has 0 amide bonds. The molecular weight excluding hydrogens is 721 g/mol. The minimum atomic E-state index is -2.81. The minimum Gasteiger partial charge on any atom is -0.456 e. The number of allylic oxidation sites excluding steroid dienone is 4. The van der Waals surface area contributed by atoms with Crippen LogP contribution in [0, 0.1) is 0 Å². The summed E-state index contributed by atoms with van der Waals surface area (Å²) >= 11 is 0. The molecule has 58 heavy (non-hydrogen) atoms. The van der Waals surface area contributed by atoms with E-state index in [0.29, 0.717) is 0 Å². The summed E-state index contributed by atoms with van der Waals surface area (Å²) in [5.74, 6) is 0. The second-order valence-electron chi connectivity index (χ2n) is 15.6. The first-order valence-corrected chi connectivity index (χ1v) is 22.2. The molecule has 4 heteroatoms. The molecular formula is C54H38N2OSi. The molecule has 8 aromatic carbocycles. The Balaban J connectivity index is 1.12. The van der Waals surface area contributed by atoms with E-state index in [-0.39, 0.29) is 0 Å². The quantitative estimate of drug-likeness (QED) is 0.122. The van der Waals surface area contributed by atoms with E-state index >= 15 is 0 Å². The molecule has 0 radical (unpaired) electrons. The van der Waals surface area contributed by atoms with Gasteiger partial charge in [-0.3, -0.25) is 0 Å². The van der Waals surface area contributed by atoms with Crippen molar-refractivity contribution in [3.63, 3.8) is 0 Å². The zero-order valence-corrected chi connectivity index (χ0v) is 32.8. The van der Waals surface area contributed by atoms with E-state index < -0.39 is 8.07 Å². The van der Waals surface area contributed by atoms with Gasteiger partial charge in [0, 0.05) is 43.7 Å². The van der Waals surface area contributed by atoms with Gasteiger partial charge in [-0.2, -0.15) is 0 Å². The smallest absolute Gasteiger partial charge is 0.175 e. The summed E-state index contributed by atoms with van der Waals surface area (Å²) < 4.78 is 11.3. The van der Waals surface area contributed by atoms with Gasteiger partial charge in [0.1, 0.15) is 11.2 Å². The first-order valence-electron chi connectivity index (χ1n) is 20.2. The summed E-state index contributed by atoms with van der Waals surface area (Å²) in [7, 11) is -2.81. The van der Waals surface area contributed by atoms with E-state index in [1.807, 2.05) is 6.07 Å². The fourth-order valence-electron chi connectivity index (χ4n) is 10.0. The second kappa shape index (κ2) is 13.0. The lowest BCUT2D eigenvalue weighted by Gasteiger charge is -2.37. The molecule has 1 atom stereocenters. The maximum absolute atomic E-state index is 6.38. The van der Waals surface area contributed by atoms with Gasteiger partial charge in [0.2, 0.25) is 0 Å². The molecule has 11 aromatic rings. The molecule has 3 aromatic heterocycles. The summed E-state index contributed by atoms with van der Waals surface area (Å²) in [6.45, 7) is 0. The molecule has 0 aliphatic heterocycles. The summed E-state index contributed by atoms with van der Waals surface area (Å²) in [6.07, 6.45) is 9.10. The molecule has 274 valence electrons. The van der Waals surface area contributed by atoms with Gasteiger partial charge in [0.25, 0.3) is 0 Å². The molecule has 0 fully saturated rings. The van der Waals surface area contributed by atoms with Crippen LogP contribution < -0.4 is 15.6 Å². The highest BCUT2D eigenvalue weighted by Gasteiger charge is 2.43. The molecule has 0 bridgehead atoms. The largest absolute Gasteiger partial charge is 0.456 e. The Morgan fingerprint density at radius 1 is 0.397 bits per heavy atom. The average Bonchev–Trinajstić information content (AvgIpc) is 3.94. The molecule has 12 rings (SSSR count). The topological polar surface area (TPSA) is 23.0 Å². The summed E-state index contributed by atoms with van der Waals surface area (Å²) in [5, 5.41) is 13.0. The first-order chi connectivity index (χ1) is 28.8.